The second-order valence-electron chi connectivity index (χ2n) is 7.29. The zero-order chi connectivity index (χ0) is 24.0. The standard InChI is InChI=1S/C23H22F3N3O3S/c1-14(30)28-20(16-6-8-18(32-2)9-7-16)12-21(31)29-22-27-13-19(33-22)11-15-4-3-5-17(10-15)23(24,25)26/h3-10,13,20H,11-12H2,1-2H3,(H,28,30)(H,27,29,31). The van der Waals surface area contributed by atoms with Gasteiger partial charge in [-0.15, -0.1) is 11.3 Å². The van der Waals surface area contributed by atoms with Crippen LogP contribution in [0.5, 0.6) is 5.75 Å². The van der Waals surface area contributed by atoms with E-state index >= 15 is 0 Å². The first-order valence-corrected chi connectivity index (χ1v) is 10.8. The first kappa shape index (κ1) is 24.2. The van der Waals surface area contributed by atoms with Gasteiger partial charge < -0.3 is 15.4 Å². The summed E-state index contributed by atoms with van der Waals surface area (Å²) in [4.78, 5) is 29.0. The molecule has 1 heterocycles. The Bertz CT molecular complexity index is 1110. The molecule has 3 rings (SSSR count). The summed E-state index contributed by atoms with van der Waals surface area (Å²) in [5.74, 6) is 0.0200. The summed E-state index contributed by atoms with van der Waals surface area (Å²) in [6.07, 6.45) is -2.64. The van der Waals surface area contributed by atoms with Crippen LogP contribution in [0.1, 0.15) is 41.0 Å². The SMILES string of the molecule is COc1ccc(C(CC(=O)Nc2ncc(Cc3cccc(C(F)(F)F)c3)s2)NC(C)=O)cc1. The number of methoxy groups -OCH3 is 1. The van der Waals surface area contributed by atoms with Gasteiger partial charge in [0.05, 0.1) is 25.1 Å². The Kier molecular flexibility index (Phi) is 7.70. The molecule has 1 atom stereocenters. The van der Waals surface area contributed by atoms with Crippen LogP contribution in [-0.4, -0.2) is 23.9 Å². The van der Waals surface area contributed by atoms with Crippen LogP contribution in [0.4, 0.5) is 18.3 Å². The number of aromatic nitrogens is 1. The smallest absolute Gasteiger partial charge is 0.416 e. The second-order valence-corrected chi connectivity index (χ2v) is 8.40. The van der Waals surface area contributed by atoms with E-state index in [4.69, 9.17) is 4.74 Å². The maximum absolute atomic E-state index is 12.9. The van der Waals surface area contributed by atoms with Crippen molar-refractivity contribution in [2.75, 3.05) is 12.4 Å². The van der Waals surface area contributed by atoms with Crippen LogP contribution in [0.25, 0.3) is 0 Å². The molecule has 10 heteroatoms. The molecule has 0 aliphatic heterocycles. The van der Waals surface area contributed by atoms with Gasteiger partial charge in [0.1, 0.15) is 5.75 Å². The van der Waals surface area contributed by atoms with Crippen molar-refractivity contribution in [3.05, 3.63) is 76.3 Å². The molecule has 174 valence electrons. The predicted octanol–water partition coefficient (Wildman–Crippen LogP) is 4.97. The number of rotatable bonds is 8. The van der Waals surface area contributed by atoms with E-state index in [0.717, 1.165) is 17.7 Å². The van der Waals surface area contributed by atoms with Crippen LogP contribution in [0.3, 0.4) is 0 Å². The molecule has 0 saturated heterocycles. The number of nitrogens with zero attached hydrogens (tertiary/aromatic N) is 1. The van der Waals surface area contributed by atoms with Gasteiger partial charge in [-0.05, 0) is 29.3 Å². The Hall–Kier alpha value is -3.40. The third-order valence-corrected chi connectivity index (χ3v) is 5.63. The van der Waals surface area contributed by atoms with E-state index in [1.165, 1.54) is 30.5 Å². The quantitative estimate of drug-likeness (QED) is 0.480. The van der Waals surface area contributed by atoms with E-state index in [0.29, 0.717) is 21.3 Å². The van der Waals surface area contributed by atoms with E-state index in [9.17, 15) is 22.8 Å². The summed E-state index contributed by atoms with van der Waals surface area (Å²) in [7, 11) is 1.54. The summed E-state index contributed by atoms with van der Waals surface area (Å²) in [5.41, 5.74) is 0.530. The van der Waals surface area contributed by atoms with E-state index in [-0.39, 0.29) is 24.7 Å². The number of amides is 2. The summed E-state index contributed by atoms with van der Waals surface area (Å²) < 4.78 is 43.9. The first-order chi connectivity index (χ1) is 15.6. The van der Waals surface area contributed by atoms with Crippen LogP contribution >= 0.6 is 11.3 Å². The van der Waals surface area contributed by atoms with Crippen LogP contribution in [-0.2, 0) is 22.2 Å². The largest absolute Gasteiger partial charge is 0.497 e. The number of benzene rings is 2. The number of nitrogens with one attached hydrogen (secondary N) is 2. The van der Waals surface area contributed by atoms with Crippen molar-refractivity contribution < 1.29 is 27.5 Å². The molecule has 0 spiro atoms. The van der Waals surface area contributed by atoms with Gasteiger partial charge in [0.25, 0.3) is 0 Å². The fourth-order valence-corrected chi connectivity index (χ4v) is 4.06. The fraction of sp³-hybridized carbons (Fsp3) is 0.261. The third-order valence-electron chi connectivity index (χ3n) is 4.72. The zero-order valence-electron chi connectivity index (χ0n) is 17.9. The molecule has 0 saturated carbocycles. The summed E-state index contributed by atoms with van der Waals surface area (Å²) in [5, 5.41) is 5.78. The molecular weight excluding hydrogens is 455 g/mol. The average Bonchev–Trinajstić information content (AvgIpc) is 3.19. The number of halogens is 3. The van der Waals surface area contributed by atoms with Gasteiger partial charge in [0.15, 0.2) is 5.13 Å². The number of ether oxygens (including phenoxy) is 1. The topological polar surface area (TPSA) is 80.3 Å². The van der Waals surface area contributed by atoms with Crippen LogP contribution in [0, 0.1) is 0 Å². The molecule has 1 aromatic heterocycles. The zero-order valence-corrected chi connectivity index (χ0v) is 18.7. The van der Waals surface area contributed by atoms with Crippen molar-refractivity contribution in [2.45, 2.75) is 32.0 Å². The minimum Gasteiger partial charge on any atom is -0.497 e. The number of hydrogen-bond donors (Lipinski definition) is 2. The van der Waals surface area contributed by atoms with Crippen LogP contribution < -0.4 is 15.4 Å². The van der Waals surface area contributed by atoms with Crippen molar-refractivity contribution in [1.82, 2.24) is 10.3 Å². The number of thiazole rings is 1. The normalized spacial score (nSPS) is 12.2. The average molecular weight is 478 g/mol. The van der Waals surface area contributed by atoms with E-state index < -0.39 is 17.8 Å². The van der Waals surface area contributed by atoms with Gasteiger partial charge in [-0.25, -0.2) is 4.98 Å². The highest BCUT2D eigenvalue weighted by molar-refractivity contribution is 7.15. The number of hydrogen-bond acceptors (Lipinski definition) is 5. The fourth-order valence-electron chi connectivity index (χ4n) is 3.20. The maximum Gasteiger partial charge on any atom is 0.416 e. The number of carbonyl (C=O) groups excluding carboxylic acids is 2. The molecule has 0 fully saturated rings. The van der Waals surface area contributed by atoms with Crippen LogP contribution in [0.2, 0.25) is 0 Å². The van der Waals surface area contributed by atoms with Crippen molar-refractivity contribution in [3.8, 4) is 5.75 Å². The lowest BCUT2D eigenvalue weighted by Gasteiger charge is -2.18. The Morgan fingerprint density at radius 3 is 2.52 bits per heavy atom. The number of carbonyl (C=O) groups is 2. The molecule has 1 unspecified atom stereocenters. The molecular formula is C23H22F3N3O3S. The third kappa shape index (κ3) is 7.04. The Morgan fingerprint density at radius 1 is 1.15 bits per heavy atom. The monoisotopic (exact) mass is 477 g/mol. The number of anilines is 1. The predicted molar refractivity (Wildman–Crippen MR) is 119 cm³/mol. The highest BCUT2D eigenvalue weighted by Crippen LogP contribution is 2.31. The molecule has 0 aliphatic rings. The molecule has 0 aliphatic carbocycles. The minimum absolute atomic E-state index is 0.0194. The lowest BCUT2D eigenvalue weighted by atomic mass is 10.0. The summed E-state index contributed by atoms with van der Waals surface area (Å²) in [6.45, 7) is 1.37. The molecule has 6 nitrogen and oxygen atoms in total. The van der Waals surface area contributed by atoms with Crippen molar-refractivity contribution in [3.63, 3.8) is 0 Å². The summed E-state index contributed by atoms with van der Waals surface area (Å²) >= 11 is 1.18. The molecule has 33 heavy (non-hydrogen) atoms. The first-order valence-electron chi connectivity index (χ1n) is 9.96. The van der Waals surface area contributed by atoms with E-state index in [1.54, 1.807) is 37.4 Å². The molecule has 2 N–H and O–H groups in total. The number of alkyl halides is 3. The van der Waals surface area contributed by atoms with E-state index in [2.05, 4.69) is 15.6 Å². The highest BCUT2D eigenvalue weighted by Gasteiger charge is 2.30. The molecule has 2 aromatic carbocycles. The van der Waals surface area contributed by atoms with Gasteiger partial charge in [-0.3, -0.25) is 9.59 Å². The van der Waals surface area contributed by atoms with Gasteiger partial charge >= 0.3 is 6.18 Å². The van der Waals surface area contributed by atoms with Gasteiger partial charge in [0, 0.05) is 24.4 Å². The lowest BCUT2D eigenvalue weighted by Crippen LogP contribution is -2.29. The Balaban J connectivity index is 1.64. The Labute approximate surface area is 192 Å². The van der Waals surface area contributed by atoms with Crippen LogP contribution in [0.15, 0.2) is 54.7 Å². The van der Waals surface area contributed by atoms with E-state index in [1.807, 2.05) is 0 Å². The van der Waals surface area contributed by atoms with Crippen molar-refractivity contribution >= 4 is 28.3 Å². The molecule has 0 bridgehead atoms. The van der Waals surface area contributed by atoms with Gasteiger partial charge in [-0.1, -0.05) is 30.3 Å². The van der Waals surface area contributed by atoms with Crippen molar-refractivity contribution in [2.24, 2.45) is 0 Å². The second kappa shape index (κ2) is 10.5. The summed E-state index contributed by atoms with van der Waals surface area (Å²) in [6, 6.07) is 11.6. The molecule has 0 radical (unpaired) electrons. The lowest BCUT2D eigenvalue weighted by molar-refractivity contribution is -0.137. The highest BCUT2D eigenvalue weighted by atomic mass is 32.1. The van der Waals surface area contributed by atoms with Crippen molar-refractivity contribution in [1.29, 1.82) is 0 Å². The Morgan fingerprint density at radius 2 is 1.88 bits per heavy atom. The van der Waals surface area contributed by atoms with Gasteiger partial charge in [-0.2, -0.15) is 13.2 Å². The maximum atomic E-state index is 12.9. The molecule has 3 aromatic rings. The minimum atomic E-state index is -4.41. The molecule has 2 amide bonds. The van der Waals surface area contributed by atoms with Gasteiger partial charge in [0.2, 0.25) is 11.8 Å².